The molecule has 5 nitrogen and oxygen atoms in total. The predicted molar refractivity (Wildman–Crippen MR) is 51.5 cm³/mol. The zero-order valence-corrected chi connectivity index (χ0v) is 9.11. The maximum atomic E-state index is 11.2. The van der Waals surface area contributed by atoms with Gasteiger partial charge in [0.2, 0.25) is 0 Å². The highest BCUT2D eigenvalue weighted by Crippen LogP contribution is 2.00. The van der Waals surface area contributed by atoms with Gasteiger partial charge in [0.05, 0.1) is 0 Å². The normalized spacial score (nSPS) is 13.2. The summed E-state index contributed by atoms with van der Waals surface area (Å²) in [7, 11) is -3.42. The summed E-state index contributed by atoms with van der Waals surface area (Å²) in [6.45, 7) is 5.52. The van der Waals surface area contributed by atoms with Gasteiger partial charge in [-0.05, 0) is 27.2 Å². The van der Waals surface area contributed by atoms with Crippen LogP contribution in [-0.4, -0.2) is 32.2 Å². The third-order valence-corrected chi connectivity index (χ3v) is 2.53. The Balaban J connectivity index is 3.96. The van der Waals surface area contributed by atoms with Gasteiger partial charge < -0.3 is 5.11 Å². The van der Waals surface area contributed by atoms with Gasteiger partial charge in [-0.25, -0.2) is 4.72 Å². The summed E-state index contributed by atoms with van der Waals surface area (Å²) in [5.41, 5.74) is -0.481. The Bertz CT molecular complexity index is 231. The van der Waals surface area contributed by atoms with E-state index in [9.17, 15) is 8.42 Å². The van der Waals surface area contributed by atoms with Crippen LogP contribution in [0.1, 0.15) is 27.2 Å². The average molecular weight is 210 g/mol. The fraction of sp³-hybridized carbons (Fsp3) is 1.00. The molecule has 13 heavy (non-hydrogen) atoms. The van der Waals surface area contributed by atoms with Gasteiger partial charge in [-0.2, -0.15) is 13.1 Å². The number of aliphatic hydroxyl groups is 1. The molecule has 0 aromatic carbocycles. The highest BCUT2D eigenvalue weighted by molar-refractivity contribution is 7.87. The zero-order valence-electron chi connectivity index (χ0n) is 8.29. The van der Waals surface area contributed by atoms with Crippen LogP contribution in [0.15, 0.2) is 0 Å². The molecule has 0 bridgehead atoms. The van der Waals surface area contributed by atoms with Crippen molar-refractivity contribution in [2.75, 3.05) is 13.2 Å². The molecule has 0 atom stereocenters. The second-order valence-corrected chi connectivity index (χ2v) is 5.33. The highest BCUT2D eigenvalue weighted by Gasteiger charge is 2.18. The van der Waals surface area contributed by atoms with Crippen molar-refractivity contribution in [3.8, 4) is 0 Å². The van der Waals surface area contributed by atoms with Crippen molar-refractivity contribution >= 4 is 10.2 Å². The van der Waals surface area contributed by atoms with E-state index in [4.69, 9.17) is 5.11 Å². The lowest BCUT2D eigenvalue weighted by Crippen LogP contribution is -2.47. The molecule has 0 unspecified atom stereocenters. The summed E-state index contributed by atoms with van der Waals surface area (Å²) in [4.78, 5) is 0. The quantitative estimate of drug-likeness (QED) is 0.540. The molecule has 0 aliphatic rings. The van der Waals surface area contributed by atoms with E-state index in [1.54, 1.807) is 20.8 Å². The monoisotopic (exact) mass is 210 g/mol. The molecule has 80 valence electrons. The number of nitrogens with one attached hydrogen (secondary N) is 2. The Kier molecular flexibility index (Phi) is 4.83. The fourth-order valence-corrected chi connectivity index (χ4v) is 2.02. The molecular formula is C7H18N2O3S. The Morgan fingerprint density at radius 2 is 1.85 bits per heavy atom. The molecule has 0 saturated heterocycles. The van der Waals surface area contributed by atoms with Crippen LogP contribution in [0.3, 0.4) is 0 Å². The van der Waals surface area contributed by atoms with Crippen molar-refractivity contribution in [3.05, 3.63) is 0 Å². The summed E-state index contributed by atoms with van der Waals surface area (Å²) < 4.78 is 27.2. The van der Waals surface area contributed by atoms with E-state index in [1.165, 1.54) is 0 Å². The maximum Gasteiger partial charge on any atom is 0.277 e. The molecule has 6 heteroatoms. The molecule has 0 aromatic heterocycles. The van der Waals surface area contributed by atoms with E-state index in [1.807, 2.05) is 0 Å². The summed E-state index contributed by atoms with van der Waals surface area (Å²) in [5, 5.41) is 8.44. The Morgan fingerprint density at radius 1 is 1.31 bits per heavy atom. The molecule has 0 fully saturated rings. The lowest BCUT2D eigenvalue weighted by Gasteiger charge is -2.20. The van der Waals surface area contributed by atoms with Crippen molar-refractivity contribution in [1.29, 1.82) is 0 Å². The van der Waals surface area contributed by atoms with Gasteiger partial charge in [-0.1, -0.05) is 0 Å². The van der Waals surface area contributed by atoms with Crippen LogP contribution in [-0.2, 0) is 10.2 Å². The molecule has 0 spiro atoms. The lowest BCUT2D eigenvalue weighted by atomic mass is 10.1. The topological polar surface area (TPSA) is 78.4 Å². The minimum absolute atomic E-state index is 0.0158. The lowest BCUT2D eigenvalue weighted by molar-refractivity contribution is 0.289. The molecule has 0 amide bonds. The second-order valence-electron chi connectivity index (χ2n) is 3.83. The first-order valence-electron chi connectivity index (χ1n) is 4.16. The van der Waals surface area contributed by atoms with Crippen LogP contribution >= 0.6 is 0 Å². The van der Waals surface area contributed by atoms with E-state index >= 15 is 0 Å². The SMILES string of the molecule is CC(C)(C)NS(=O)(=O)NCCCO. The van der Waals surface area contributed by atoms with Gasteiger partial charge >= 0.3 is 0 Å². The fourth-order valence-electron chi connectivity index (χ4n) is 0.725. The molecule has 0 rings (SSSR count). The van der Waals surface area contributed by atoms with Crippen LogP contribution < -0.4 is 9.44 Å². The summed E-state index contributed by atoms with van der Waals surface area (Å²) in [6, 6.07) is 0. The molecular weight excluding hydrogens is 192 g/mol. The first-order chi connectivity index (χ1) is 5.77. The third kappa shape index (κ3) is 8.17. The predicted octanol–water partition coefficient (Wildman–Crippen LogP) is -0.409. The van der Waals surface area contributed by atoms with Gasteiger partial charge in [0, 0.05) is 18.7 Å². The van der Waals surface area contributed by atoms with Crippen molar-refractivity contribution < 1.29 is 13.5 Å². The van der Waals surface area contributed by atoms with Crippen molar-refractivity contribution in [1.82, 2.24) is 9.44 Å². The van der Waals surface area contributed by atoms with Gasteiger partial charge in [-0.15, -0.1) is 0 Å². The van der Waals surface area contributed by atoms with Gasteiger partial charge in [-0.3, -0.25) is 0 Å². The van der Waals surface area contributed by atoms with Crippen LogP contribution in [0, 0.1) is 0 Å². The first kappa shape index (κ1) is 12.8. The van der Waals surface area contributed by atoms with Crippen molar-refractivity contribution in [3.63, 3.8) is 0 Å². The van der Waals surface area contributed by atoms with E-state index in [-0.39, 0.29) is 13.2 Å². The summed E-state index contributed by atoms with van der Waals surface area (Å²) in [5.74, 6) is 0. The van der Waals surface area contributed by atoms with E-state index in [0.717, 1.165) is 0 Å². The number of aliphatic hydroxyl groups excluding tert-OH is 1. The van der Waals surface area contributed by atoms with Gasteiger partial charge in [0.15, 0.2) is 0 Å². The Hall–Kier alpha value is -0.170. The summed E-state index contributed by atoms with van der Waals surface area (Å²) in [6.07, 6.45) is 0.422. The molecule has 3 N–H and O–H groups in total. The minimum atomic E-state index is -3.42. The summed E-state index contributed by atoms with van der Waals surface area (Å²) >= 11 is 0. The minimum Gasteiger partial charge on any atom is -0.396 e. The van der Waals surface area contributed by atoms with Gasteiger partial charge in [0.25, 0.3) is 10.2 Å². The standard InChI is InChI=1S/C7H18N2O3S/c1-7(2,3)9-13(11,12)8-5-4-6-10/h8-10H,4-6H2,1-3H3. The van der Waals surface area contributed by atoms with E-state index in [2.05, 4.69) is 9.44 Å². The number of hydrogen-bond donors (Lipinski definition) is 3. The second kappa shape index (κ2) is 4.90. The maximum absolute atomic E-state index is 11.2. The first-order valence-corrected chi connectivity index (χ1v) is 5.64. The molecule has 0 saturated carbocycles. The van der Waals surface area contributed by atoms with E-state index < -0.39 is 15.7 Å². The number of rotatable bonds is 5. The highest BCUT2D eigenvalue weighted by atomic mass is 32.2. The number of hydrogen-bond acceptors (Lipinski definition) is 3. The smallest absolute Gasteiger partial charge is 0.277 e. The van der Waals surface area contributed by atoms with Crippen molar-refractivity contribution in [2.24, 2.45) is 0 Å². The van der Waals surface area contributed by atoms with Crippen molar-refractivity contribution in [2.45, 2.75) is 32.7 Å². The van der Waals surface area contributed by atoms with E-state index in [0.29, 0.717) is 6.42 Å². The Morgan fingerprint density at radius 3 is 2.23 bits per heavy atom. The van der Waals surface area contributed by atoms with Crippen LogP contribution in [0.2, 0.25) is 0 Å². The van der Waals surface area contributed by atoms with Gasteiger partial charge in [0.1, 0.15) is 0 Å². The van der Waals surface area contributed by atoms with Crippen LogP contribution in [0.5, 0.6) is 0 Å². The Labute approximate surface area is 79.7 Å². The molecule has 0 aliphatic carbocycles. The molecule has 0 radical (unpaired) electrons. The molecule has 0 aliphatic heterocycles. The zero-order chi connectivity index (χ0) is 10.5. The largest absolute Gasteiger partial charge is 0.396 e. The molecule has 0 aromatic rings. The molecule has 0 heterocycles. The average Bonchev–Trinajstić information content (AvgIpc) is 1.81. The third-order valence-electron chi connectivity index (χ3n) is 1.07. The van der Waals surface area contributed by atoms with Crippen LogP contribution in [0.4, 0.5) is 0 Å². The van der Waals surface area contributed by atoms with Crippen LogP contribution in [0.25, 0.3) is 0 Å².